The van der Waals surface area contributed by atoms with E-state index in [1.165, 1.54) is 13.1 Å². The van der Waals surface area contributed by atoms with Crippen LogP contribution < -0.4 is 0 Å². The largest absolute Gasteiger partial charge is 0.301 e. The van der Waals surface area contributed by atoms with Crippen molar-refractivity contribution in [2.24, 2.45) is 5.92 Å². The van der Waals surface area contributed by atoms with Gasteiger partial charge in [0.25, 0.3) is 0 Å². The zero-order chi connectivity index (χ0) is 14.8. The first-order valence-electron chi connectivity index (χ1n) is 7.69. The maximum atomic E-state index is 4.40. The summed E-state index contributed by atoms with van der Waals surface area (Å²) in [5.74, 6) is 3.54. The Kier molecular flexibility index (Phi) is 10.9. The van der Waals surface area contributed by atoms with E-state index in [2.05, 4.69) is 59.5 Å². The second kappa shape index (κ2) is 11.5. The molecule has 1 heterocycles. The van der Waals surface area contributed by atoms with Crippen molar-refractivity contribution >= 4 is 37.9 Å². The fourth-order valence-electron chi connectivity index (χ4n) is 2.85. The zero-order valence-electron chi connectivity index (χ0n) is 12.7. The number of nitrogens with zero attached hydrogens (tertiary/aromatic N) is 3. The van der Waals surface area contributed by atoms with E-state index in [1.54, 1.807) is 0 Å². The van der Waals surface area contributed by atoms with Crippen molar-refractivity contribution in [1.29, 1.82) is 0 Å². The van der Waals surface area contributed by atoms with E-state index in [9.17, 15) is 0 Å². The predicted octanol–water partition coefficient (Wildman–Crippen LogP) is 1.33. The maximum Gasteiger partial charge on any atom is 0.0110 e. The molecule has 1 fully saturated rings. The van der Waals surface area contributed by atoms with Crippen molar-refractivity contribution in [2.75, 3.05) is 76.2 Å². The topological polar surface area (TPSA) is 9.72 Å². The summed E-state index contributed by atoms with van der Waals surface area (Å²) < 4.78 is 0. The molecule has 6 heteroatoms. The van der Waals surface area contributed by atoms with Gasteiger partial charge in [0.1, 0.15) is 0 Å². The summed E-state index contributed by atoms with van der Waals surface area (Å²) >= 11 is 13.2. The second-order valence-corrected chi connectivity index (χ2v) is 7.06. The summed E-state index contributed by atoms with van der Waals surface area (Å²) in [4.78, 5) is 7.67. The predicted molar refractivity (Wildman–Crippen MR) is 100 cm³/mol. The molecule has 1 rings (SSSR count). The summed E-state index contributed by atoms with van der Waals surface area (Å²) in [5, 5.41) is 0. The van der Waals surface area contributed by atoms with Crippen LogP contribution in [0.3, 0.4) is 0 Å². The average molecular weight is 338 g/mol. The van der Waals surface area contributed by atoms with Gasteiger partial charge in [-0.2, -0.15) is 37.9 Å². The highest BCUT2D eigenvalue weighted by molar-refractivity contribution is 7.80. The normalized spacial score (nSPS) is 22.2. The molecule has 120 valence electrons. The van der Waals surface area contributed by atoms with Crippen LogP contribution in [0, 0.1) is 5.92 Å². The van der Waals surface area contributed by atoms with E-state index < -0.39 is 0 Å². The standard InChI is InChI=1S/C14H31N3S3/c1-14-12-16(7-10-19)4-2-15(6-9-18)3-5-17(13-14)8-11-20/h14,18-20H,2-13H2,1H3. The van der Waals surface area contributed by atoms with Gasteiger partial charge in [0.2, 0.25) is 0 Å². The van der Waals surface area contributed by atoms with E-state index in [1.807, 2.05) is 0 Å². The van der Waals surface area contributed by atoms with Gasteiger partial charge in [-0.05, 0) is 5.92 Å². The van der Waals surface area contributed by atoms with Gasteiger partial charge in [0.05, 0.1) is 0 Å². The molecule has 0 aliphatic carbocycles. The molecule has 0 bridgehead atoms. The minimum Gasteiger partial charge on any atom is -0.301 e. The van der Waals surface area contributed by atoms with Crippen LogP contribution in [0.25, 0.3) is 0 Å². The molecule has 0 spiro atoms. The summed E-state index contributed by atoms with van der Waals surface area (Å²) in [6.07, 6.45) is 0. The molecule has 1 aliphatic rings. The Hall–Kier alpha value is 0.930. The third-order valence-corrected chi connectivity index (χ3v) is 4.45. The molecule has 0 aromatic rings. The molecular weight excluding hydrogens is 306 g/mol. The van der Waals surface area contributed by atoms with E-state index in [0.29, 0.717) is 5.92 Å². The van der Waals surface area contributed by atoms with Crippen molar-refractivity contribution in [2.45, 2.75) is 6.92 Å². The molecule has 0 saturated carbocycles. The molecule has 0 radical (unpaired) electrons. The van der Waals surface area contributed by atoms with Crippen LogP contribution >= 0.6 is 37.9 Å². The fourth-order valence-corrected chi connectivity index (χ4v) is 3.70. The van der Waals surface area contributed by atoms with E-state index >= 15 is 0 Å². The van der Waals surface area contributed by atoms with Crippen LogP contribution in [-0.4, -0.2) is 90.9 Å². The molecule has 20 heavy (non-hydrogen) atoms. The third-order valence-electron chi connectivity index (χ3n) is 3.85. The zero-order valence-corrected chi connectivity index (χ0v) is 15.4. The van der Waals surface area contributed by atoms with Gasteiger partial charge in [-0.3, -0.25) is 4.90 Å². The van der Waals surface area contributed by atoms with Crippen molar-refractivity contribution in [3.63, 3.8) is 0 Å². The van der Waals surface area contributed by atoms with Gasteiger partial charge < -0.3 is 9.80 Å². The van der Waals surface area contributed by atoms with Gasteiger partial charge in [-0.1, -0.05) is 6.92 Å². The highest BCUT2D eigenvalue weighted by Crippen LogP contribution is 2.07. The first-order valence-corrected chi connectivity index (χ1v) is 9.59. The first kappa shape index (κ1) is 19.0. The number of rotatable bonds is 6. The van der Waals surface area contributed by atoms with Gasteiger partial charge in [0.15, 0.2) is 0 Å². The van der Waals surface area contributed by atoms with Crippen LogP contribution in [0.5, 0.6) is 0 Å². The smallest absolute Gasteiger partial charge is 0.0110 e. The fraction of sp³-hybridized carbons (Fsp3) is 1.00. The Morgan fingerprint density at radius 1 is 0.700 bits per heavy atom. The van der Waals surface area contributed by atoms with Crippen LogP contribution in [-0.2, 0) is 0 Å². The van der Waals surface area contributed by atoms with Crippen molar-refractivity contribution in [3.8, 4) is 0 Å². The van der Waals surface area contributed by atoms with Crippen LogP contribution in [0.4, 0.5) is 0 Å². The average Bonchev–Trinajstić information content (AvgIpc) is 2.41. The third kappa shape index (κ3) is 7.80. The molecule has 0 aromatic carbocycles. The van der Waals surface area contributed by atoms with Crippen LogP contribution in [0.15, 0.2) is 0 Å². The maximum absolute atomic E-state index is 4.40. The molecule has 0 aromatic heterocycles. The van der Waals surface area contributed by atoms with Gasteiger partial charge >= 0.3 is 0 Å². The first-order chi connectivity index (χ1) is 9.69. The minimum absolute atomic E-state index is 0.714. The summed E-state index contributed by atoms with van der Waals surface area (Å²) in [7, 11) is 0. The quantitative estimate of drug-likeness (QED) is 0.632. The lowest BCUT2D eigenvalue weighted by atomic mass is 10.1. The molecule has 0 amide bonds. The Balaban J connectivity index is 2.61. The Labute approximate surface area is 141 Å². The Morgan fingerprint density at radius 2 is 1.05 bits per heavy atom. The molecule has 0 atom stereocenters. The molecule has 1 aliphatic heterocycles. The lowest BCUT2D eigenvalue weighted by Crippen LogP contribution is -2.46. The summed E-state index contributed by atoms with van der Waals surface area (Å²) in [6.45, 7) is 12.6. The number of thiol groups is 3. The number of hydrogen-bond donors (Lipinski definition) is 3. The second-order valence-electron chi connectivity index (χ2n) is 5.72. The molecule has 0 unspecified atom stereocenters. The lowest BCUT2D eigenvalue weighted by molar-refractivity contribution is 0.136. The van der Waals surface area contributed by atoms with E-state index in [-0.39, 0.29) is 0 Å². The SMILES string of the molecule is CC1CN(CCS)CCN(CCS)CCN(CCS)C1. The van der Waals surface area contributed by atoms with Crippen molar-refractivity contribution in [3.05, 3.63) is 0 Å². The minimum atomic E-state index is 0.714. The van der Waals surface area contributed by atoms with Crippen molar-refractivity contribution in [1.82, 2.24) is 14.7 Å². The molecule has 1 saturated heterocycles. The molecular formula is C14H31N3S3. The summed E-state index contributed by atoms with van der Waals surface area (Å²) in [6, 6.07) is 0. The molecule has 0 N–H and O–H groups in total. The van der Waals surface area contributed by atoms with Crippen molar-refractivity contribution < 1.29 is 0 Å². The van der Waals surface area contributed by atoms with Gasteiger partial charge in [-0.25, -0.2) is 0 Å². The Bertz CT molecular complexity index is 224. The Morgan fingerprint density at radius 3 is 1.45 bits per heavy atom. The lowest BCUT2D eigenvalue weighted by Gasteiger charge is -2.35. The van der Waals surface area contributed by atoms with Crippen LogP contribution in [0.1, 0.15) is 6.92 Å². The number of hydrogen-bond acceptors (Lipinski definition) is 6. The highest BCUT2D eigenvalue weighted by Gasteiger charge is 2.17. The molecule has 3 nitrogen and oxygen atoms in total. The van der Waals surface area contributed by atoms with E-state index in [0.717, 1.165) is 63.1 Å². The monoisotopic (exact) mass is 337 g/mol. The van der Waals surface area contributed by atoms with Gasteiger partial charge in [0, 0.05) is 76.2 Å². The van der Waals surface area contributed by atoms with Crippen LogP contribution in [0.2, 0.25) is 0 Å². The van der Waals surface area contributed by atoms with E-state index in [4.69, 9.17) is 0 Å². The van der Waals surface area contributed by atoms with Gasteiger partial charge in [-0.15, -0.1) is 0 Å². The summed E-state index contributed by atoms with van der Waals surface area (Å²) in [5.41, 5.74) is 0. The highest BCUT2D eigenvalue weighted by atomic mass is 32.1.